The molecule has 7 nitrogen and oxygen atoms in total. The van der Waals surface area contributed by atoms with E-state index in [-0.39, 0.29) is 24.8 Å². The number of carbonyl (C=O) groups is 2. The second kappa shape index (κ2) is 6.89. The summed E-state index contributed by atoms with van der Waals surface area (Å²) in [5.41, 5.74) is -6.91. The number of rotatable bonds is 2. The summed E-state index contributed by atoms with van der Waals surface area (Å²) in [6, 6.07) is 3.37. The molecule has 0 amide bonds. The summed E-state index contributed by atoms with van der Waals surface area (Å²) in [4.78, 5) is 24.8. The zero-order valence-corrected chi connectivity index (χ0v) is 19.7. The van der Waals surface area contributed by atoms with Gasteiger partial charge in [-0.3, -0.25) is 4.79 Å². The van der Waals surface area contributed by atoms with Gasteiger partial charge in [0.2, 0.25) is 6.29 Å². The minimum absolute atomic E-state index is 0.0262. The van der Waals surface area contributed by atoms with E-state index < -0.39 is 70.4 Å². The molecular weight excluding hydrogens is 462 g/mol. The molecule has 3 saturated carbocycles. The first kappa shape index (κ1) is 23.1. The van der Waals surface area contributed by atoms with E-state index >= 15 is 8.78 Å². The molecule has 1 aromatic rings. The number of hydrogen-bond acceptors (Lipinski definition) is 6. The number of aliphatic hydroxyl groups is 1. The second-order valence-electron chi connectivity index (χ2n) is 11.2. The molecule has 9 heteroatoms. The lowest BCUT2D eigenvalue weighted by atomic mass is 9.44. The molecule has 10 atom stereocenters. The molecule has 5 aliphatic rings. The molecule has 4 fully saturated rings. The molecule has 1 aromatic heterocycles. The largest absolute Gasteiger partial charge is 0.479 e. The summed E-state index contributed by atoms with van der Waals surface area (Å²) in [5, 5.41) is 21.9. The number of carboxylic acid groups (broad SMARTS) is 1. The highest BCUT2D eigenvalue weighted by molar-refractivity contribution is 6.01. The molecule has 4 aliphatic carbocycles. The lowest BCUT2D eigenvalue weighted by Crippen LogP contribution is -2.70. The number of halogens is 2. The van der Waals surface area contributed by atoms with Gasteiger partial charge in [0, 0.05) is 16.7 Å². The van der Waals surface area contributed by atoms with Crippen molar-refractivity contribution in [2.75, 3.05) is 0 Å². The van der Waals surface area contributed by atoms with Crippen LogP contribution in [0.4, 0.5) is 8.78 Å². The third-order valence-electron chi connectivity index (χ3n) is 9.68. The number of ether oxygens (including phenoxy) is 2. The molecule has 2 heterocycles. The SMILES string of the molecule is Cc1ccc(C2O[C@@H]3C[C@H]4[C@@H]5C[C@H](F)C6=CC(=O)C=C[C@]6(C)[C@@]5(F)[C@@H](O)C[C@]4(C)C3(C(=O)O)O2)o1. The summed E-state index contributed by atoms with van der Waals surface area (Å²) in [5.74, 6) is -2.39. The van der Waals surface area contributed by atoms with Gasteiger partial charge >= 0.3 is 5.97 Å². The Labute approximate surface area is 200 Å². The first-order valence-corrected chi connectivity index (χ1v) is 12.0. The van der Waals surface area contributed by atoms with Gasteiger partial charge < -0.3 is 24.1 Å². The number of aliphatic carboxylic acids is 1. The predicted octanol–water partition coefficient (Wildman–Crippen LogP) is 3.75. The number of fused-ring (bicyclic) bond motifs is 7. The fourth-order valence-electron chi connectivity index (χ4n) is 8.02. The van der Waals surface area contributed by atoms with Crippen LogP contribution in [0.25, 0.3) is 0 Å². The topological polar surface area (TPSA) is 106 Å². The first-order chi connectivity index (χ1) is 16.4. The maximum absolute atomic E-state index is 17.2. The molecule has 188 valence electrons. The van der Waals surface area contributed by atoms with Crippen molar-refractivity contribution < 1.29 is 42.5 Å². The lowest BCUT2D eigenvalue weighted by Gasteiger charge is -2.62. The van der Waals surface area contributed by atoms with Gasteiger partial charge in [0.15, 0.2) is 22.8 Å². The van der Waals surface area contributed by atoms with Gasteiger partial charge in [0.1, 0.15) is 18.0 Å². The van der Waals surface area contributed by atoms with E-state index in [1.54, 1.807) is 26.0 Å². The number of carbonyl (C=O) groups excluding carboxylic acids is 1. The van der Waals surface area contributed by atoms with Crippen molar-refractivity contribution in [3.8, 4) is 0 Å². The van der Waals surface area contributed by atoms with Gasteiger partial charge in [0.25, 0.3) is 0 Å². The normalized spacial score (nSPS) is 50.2. The van der Waals surface area contributed by atoms with Crippen LogP contribution in [0.1, 0.15) is 50.9 Å². The third-order valence-corrected chi connectivity index (χ3v) is 9.68. The maximum atomic E-state index is 17.2. The maximum Gasteiger partial charge on any atom is 0.339 e. The summed E-state index contributed by atoms with van der Waals surface area (Å²) in [7, 11) is 0. The Hall–Kier alpha value is -2.36. The van der Waals surface area contributed by atoms with Crippen LogP contribution in [0.15, 0.2) is 40.4 Å². The number of furan rings is 1. The Morgan fingerprint density at radius 1 is 1.20 bits per heavy atom. The van der Waals surface area contributed by atoms with Gasteiger partial charge in [-0.1, -0.05) is 13.0 Å². The highest BCUT2D eigenvalue weighted by Gasteiger charge is 2.80. The van der Waals surface area contributed by atoms with Crippen LogP contribution in [0.3, 0.4) is 0 Å². The Kier molecular flexibility index (Phi) is 4.54. The average molecular weight is 490 g/mol. The van der Waals surface area contributed by atoms with Gasteiger partial charge in [-0.05, 0) is 68.9 Å². The lowest BCUT2D eigenvalue weighted by molar-refractivity contribution is -0.241. The standard InChI is InChI=1S/C26H28F2O7/c1-12-4-5-18(33-12)21-34-20-10-14-15-9-17(27)16-8-13(29)6-7-23(16,2)25(15,28)19(30)11-24(14,3)26(20,35-21)22(31)32/h4-8,14-15,17,19-21,30H,9-11H2,1-3H3,(H,31,32)/t14-,15-,17-,19-,20+,21?,23-,24-,25-,26?/m0/s1. The molecule has 35 heavy (non-hydrogen) atoms. The molecule has 2 N–H and O–H groups in total. The van der Waals surface area contributed by atoms with Crippen LogP contribution < -0.4 is 0 Å². The van der Waals surface area contributed by atoms with E-state index in [0.717, 1.165) is 6.08 Å². The van der Waals surface area contributed by atoms with Crippen molar-refractivity contribution >= 4 is 11.8 Å². The molecule has 6 rings (SSSR count). The molecular formula is C26H28F2O7. The van der Waals surface area contributed by atoms with Gasteiger partial charge in [-0.2, -0.15) is 0 Å². The van der Waals surface area contributed by atoms with Crippen LogP contribution in [0, 0.1) is 29.6 Å². The number of carboxylic acids is 1. The van der Waals surface area contributed by atoms with E-state index in [2.05, 4.69) is 0 Å². The van der Waals surface area contributed by atoms with E-state index in [4.69, 9.17) is 13.9 Å². The third kappa shape index (κ3) is 2.54. The molecule has 0 aromatic carbocycles. The van der Waals surface area contributed by atoms with E-state index in [9.17, 15) is 19.8 Å². The fraction of sp³-hybridized carbons (Fsp3) is 0.615. The summed E-state index contributed by atoms with van der Waals surface area (Å²) in [6.45, 7) is 4.93. The molecule has 1 saturated heterocycles. The van der Waals surface area contributed by atoms with E-state index in [0.29, 0.717) is 11.5 Å². The minimum Gasteiger partial charge on any atom is -0.479 e. The smallest absolute Gasteiger partial charge is 0.339 e. The Bertz CT molecular complexity index is 1190. The quantitative estimate of drug-likeness (QED) is 0.650. The van der Waals surface area contributed by atoms with Crippen molar-refractivity contribution in [2.24, 2.45) is 22.7 Å². The fourth-order valence-corrected chi connectivity index (χ4v) is 8.02. The van der Waals surface area contributed by atoms with Crippen LogP contribution in [0.5, 0.6) is 0 Å². The number of aryl methyl sites for hydroxylation is 1. The van der Waals surface area contributed by atoms with Crippen LogP contribution in [-0.2, 0) is 19.1 Å². The number of allylic oxidation sites excluding steroid dienone is 4. The Morgan fingerprint density at radius 3 is 2.60 bits per heavy atom. The molecule has 1 aliphatic heterocycles. The van der Waals surface area contributed by atoms with Crippen molar-refractivity contribution in [1.82, 2.24) is 0 Å². The van der Waals surface area contributed by atoms with Crippen molar-refractivity contribution in [1.29, 1.82) is 0 Å². The molecule has 0 spiro atoms. The first-order valence-electron chi connectivity index (χ1n) is 12.0. The van der Waals surface area contributed by atoms with Crippen LogP contribution in [0.2, 0.25) is 0 Å². The van der Waals surface area contributed by atoms with Crippen molar-refractivity contribution in [2.45, 2.75) is 76.0 Å². The average Bonchev–Trinajstić information content (AvgIpc) is 3.45. The number of alkyl halides is 2. The van der Waals surface area contributed by atoms with Crippen LogP contribution >= 0.6 is 0 Å². The highest BCUT2D eigenvalue weighted by atomic mass is 19.1. The van der Waals surface area contributed by atoms with E-state index in [1.807, 2.05) is 0 Å². The summed E-state index contributed by atoms with van der Waals surface area (Å²) < 4.78 is 50.5. The van der Waals surface area contributed by atoms with Gasteiger partial charge in [0.05, 0.1) is 6.10 Å². The predicted molar refractivity (Wildman–Crippen MR) is 117 cm³/mol. The number of ketones is 1. The second-order valence-corrected chi connectivity index (χ2v) is 11.2. The minimum atomic E-state index is -2.29. The summed E-state index contributed by atoms with van der Waals surface area (Å²) >= 11 is 0. The number of aliphatic hydroxyl groups excluding tert-OH is 1. The Morgan fingerprint density at radius 2 is 1.94 bits per heavy atom. The zero-order chi connectivity index (χ0) is 25.1. The number of hydrogen-bond donors (Lipinski definition) is 2. The van der Waals surface area contributed by atoms with E-state index in [1.165, 1.54) is 19.1 Å². The molecule has 0 bridgehead atoms. The Balaban J connectivity index is 1.44. The summed E-state index contributed by atoms with van der Waals surface area (Å²) in [6.07, 6.45) is -1.86. The van der Waals surface area contributed by atoms with Gasteiger partial charge in [-0.15, -0.1) is 0 Å². The van der Waals surface area contributed by atoms with Crippen molar-refractivity contribution in [3.05, 3.63) is 47.5 Å². The van der Waals surface area contributed by atoms with Gasteiger partial charge in [-0.25, -0.2) is 13.6 Å². The molecule has 2 unspecified atom stereocenters. The zero-order valence-electron chi connectivity index (χ0n) is 19.7. The van der Waals surface area contributed by atoms with Crippen LogP contribution in [-0.4, -0.2) is 51.6 Å². The monoisotopic (exact) mass is 490 g/mol. The molecule has 0 radical (unpaired) electrons. The van der Waals surface area contributed by atoms with Crippen molar-refractivity contribution in [3.63, 3.8) is 0 Å². The highest BCUT2D eigenvalue weighted by Crippen LogP contribution is 2.72.